The smallest absolute Gasteiger partial charge is 0.211 e. The van der Waals surface area contributed by atoms with Crippen LogP contribution in [0.5, 0.6) is 0 Å². The molecule has 2 nitrogen and oxygen atoms in total. The Balaban J connectivity index is 2.66. The van der Waals surface area contributed by atoms with Crippen LogP contribution in [0, 0.1) is 0 Å². The molecule has 1 aromatic rings. The lowest BCUT2D eigenvalue weighted by Gasteiger charge is -1.95. The van der Waals surface area contributed by atoms with Crippen LogP contribution < -0.4 is 0 Å². The zero-order valence-electron chi connectivity index (χ0n) is 6.17. The predicted molar refractivity (Wildman–Crippen MR) is 38.8 cm³/mol. The Hall–Kier alpha value is -0.865. The Bertz CT molecular complexity index is 224. The summed E-state index contributed by atoms with van der Waals surface area (Å²) in [6.45, 7) is -0.665. The number of halogens is 2. The van der Waals surface area contributed by atoms with Gasteiger partial charge in [-0.1, -0.05) is 6.82 Å². The molecule has 5 heteroatoms. The number of nitrogens with zero attached hydrogens (tertiary/aromatic N) is 2. The van der Waals surface area contributed by atoms with Gasteiger partial charge in [0.15, 0.2) is 0 Å². The van der Waals surface area contributed by atoms with Crippen LogP contribution in [0.4, 0.5) is 8.78 Å². The van der Waals surface area contributed by atoms with Crippen LogP contribution in [0.15, 0.2) is 12.3 Å². The third kappa shape index (κ3) is 2.03. The molecule has 0 aliphatic heterocycles. The van der Waals surface area contributed by atoms with E-state index in [1.54, 1.807) is 6.07 Å². The minimum Gasteiger partial charge on any atom is -0.211 e. The third-order valence-corrected chi connectivity index (χ3v) is 1.28. The van der Waals surface area contributed by atoms with Crippen molar-refractivity contribution in [1.82, 2.24) is 9.78 Å². The first-order valence-electron chi connectivity index (χ1n) is 3.34. The molecule has 1 heterocycles. The molecule has 0 amide bonds. The summed E-state index contributed by atoms with van der Waals surface area (Å²) >= 11 is 0. The summed E-state index contributed by atoms with van der Waals surface area (Å²) in [4.78, 5) is 0. The van der Waals surface area contributed by atoms with Gasteiger partial charge in [0.25, 0.3) is 0 Å². The third-order valence-electron chi connectivity index (χ3n) is 1.28. The molecule has 0 atom stereocenters. The van der Waals surface area contributed by atoms with E-state index in [9.17, 15) is 8.78 Å². The van der Waals surface area contributed by atoms with Gasteiger partial charge in [-0.05, 0) is 12.4 Å². The van der Waals surface area contributed by atoms with Gasteiger partial charge in [0, 0.05) is 6.20 Å². The molecule has 0 bridgehead atoms. The van der Waals surface area contributed by atoms with Crippen molar-refractivity contribution in [2.45, 2.75) is 19.7 Å². The van der Waals surface area contributed by atoms with Crippen molar-refractivity contribution in [2.24, 2.45) is 0 Å². The highest BCUT2D eigenvalue weighted by molar-refractivity contribution is 6.32. The standard InChI is InChI=1S/C6H8BF2N2/c1-7-4-5-2-3-11(10-5)6(8)9/h2-3,6H,4H2,1H3. The van der Waals surface area contributed by atoms with E-state index in [1.165, 1.54) is 6.20 Å². The zero-order chi connectivity index (χ0) is 8.27. The highest BCUT2D eigenvalue weighted by Gasteiger charge is 2.05. The van der Waals surface area contributed by atoms with Crippen molar-refractivity contribution in [3.63, 3.8) is 0 Å². The van der Waals surface area contributed by atoms with Gasteiger partial charge in [-0.2, -0.15) is 13.9 Å². The number of rotatable bonds is 3. The summed E-state index contributed by atoms with van der Waals surface area (Å²) in [6, 6.07) is 1.59. The molecule has 0 unspecified atom stereocenters. The van der Waals surface area contributed by atoms with Crippen molar-refractivity contribution in [1.29, 1.82) is 0 Å². The number of hydrogen-bond acceptors (Lipinski definition) is 1. The Kier molecular flexibility index (Phi) is 2.62. The van der Waals surface area contributed by atoms with E-state index >= 15 is 0 Å². The van der Waals surface area contributed by atoms with Crippen molar-refractivity contribution in [3.8, 4) is 0 Å². The Labute approximate surface area is 64.5 Å². The Morgan fingerprint density at radius 3 is 2.91 bits per heavy atom. The molecule has 0 N–H and O–H groups in total. The second-order valence-electron chi connectivity index (χ2n) is 2.18. The molecule has 11 heavy (non-hydrogen) atoms. The lowest BCUT2D eigenvalue weighted by atomic mass is 9.77. The Morgan fingerprint density at radius 2 is 2.45 bits per heavy atom. The summed E-state index contributed by atoms with van der Waals surface area (Å²) in [6.07, 6.45) is 1.92. The molecule has 0 aliphatic rings. The van der Waals surface area contributed by atoms with Crippen LogP contribution in [-0.4, -0.2) is 17.1 Å². The van der Waals surface area contributed by atoms with Crippen molar-refractivity contribution < 1.29 is 8.78 Å². The first-order valence-corrected chi connectivity index (χ1v) is 3.34. The molecule has 0 saturated carbocycles. The van der Waals surface area contributed by atoms with Crippen LogP contribution in [0.1, 0.15) is 12.2 Å². The van der Waals surface area contributed by atoms with E-state index in [4.69, 9.17) is 0 Å². The molecule has 1 radical (unpaired) electrons. The van der Waals surface area contributed by atoms with Gasteiger partial charge < -0.3 is 0 Å². The molecule has 0 fully saturated rings. The van der Waals surface area contributed by atoms with Gasteiger partial charge in [0.2, 0.25) is 0 Å². The first kappa shape index (κ1) is 8.23. The molecule has 0 aliphatic carbocycles. The van der Waals surface area contributed by atoms with Gasteiger partial charge in [-0.15, -0.1) is 0 Å². The fraction of sp³-hybridized carbons (Fsp3) is 0.500. The maximum absolute atomic E-state index is 11.9. The van der Waals surface area contributed by atoms with Gasteiger partial charge in [-0.25, -0.2) is 4.68 Å². The summed E-state index contributed by atoms with van der Waals surface area (Å²) < 4.78 is 24.5. The summed E-state index contributed by atoms with van der Waals surface area (Å²) in [5, 5.41) is 3.63. The zero-order valence-corrected chi connectivity index (χ0v) is 6.17. The second-order valence-corrected chi connectivity index (χ2v) is 2.18. The average molecular weight is 157 g/mol. The summed E-state index contributed by atoms with van der Waals surface area (Å²) in [7, 11) is 1.87. The fourth-order valence-corrected chi connectivity index (χ4v) is 0.804. The molecule has 0 aromatic carbocycles. The Morgan fingerprint density at radius 1 is 1.73 bits per heavy atom. The van der Waals surface area contributed by atoms with E-state index in [2.05, 4.69) is 5.10 Å². The van der Waals surface area contributed by atoms with Crippen molar-refractivity contribution >= 4 is 7.28 Å². The lowest BCUT2D eigenvalue weighted by Crippen LogP contribution is -2.00. The minimum atomic E-state index is -2.53. The summed E-state index contributed by atoms with van der Waals surface area (Å²) in [5.41, 5.74) is 0.674. The molecular weight excluding hydrogens is 149 g/mol. The van der Waals surface area contributed by atoms with Crippen molar-refractivity contribution in [3.05, 3.63) is 18.0 Å². The number of alkyl halides is 2. The fourth-order valence-electron chi connectivity index (χ4n) is 0.804. The van der Waals surface area contributed by atoms with Gasteiger partial charge >= 0.3 is 6.55 Å². The molecule has 1 rings (SSSR count). The maximum atomic E-state index is 11.9. The normalized spacial score (nSPS) is 10.5. The maximum Gasteiger partial charge on any atom is 0.333 e. The van der Waals surface area contributed by atoms with Crippen LogP contribution in [0.2, 0.25) is 6.82 Å². The van der Waals surface area contributed by atoms with Crippen LogP contribution in [0.25, 0.3) is 0 Å². The van der Waals surface area contributed by atoms with Crippen molar-refractivity contribution in [2.75, 3.05) is 0 Å². The molecular formula is C6H8BF2N2. The van der Waals surface area contributed by atoms with Gasteiger partial charge in [0.1, 0.15) is 7.28 Å². The highest BCUT2D eigenvalue weighted by atomic mass is 19.3. The average Bonchev–Trinajstić information content (AvgIpc) is 2.37. The first-order chi connectivity index (χ1) is 5.24. The van der Waals surface area contributed by atoms with Gasteiger partial charge in [0.05, 0.1) is 5.69 Å². The van der Waals surface area contributed by atoms with Crippen LogP contribution in [0.3, 0.4) is 0 Å². The van der Waals surface area contributed by atoms with E-state index in [-0.39, 0.29) is 0 Å². The number of hydrogen-bond donors (Lipinski definition) is 0. The predicted octanol–water partition coefficient (Wildman–Crippen LogP) is 1.53. The topological polar surface area (TPSA) is 17.8 Å². The van der Waals surface area contributed by atoms with E-state index in [1.807, 2.05) is 14.1 Å². The van der Waals surface area contributed by atoms with E-state index in [0.29, 0.717) is 16.7 Å². The lowest BCUT2D eigenvalue weighted by molar-refractivity contribution is 0.0562. The van der Waals surface area contributed by atoms with E-state index in [0.717, 1.165) is 0 Å². The minimum absolute atomic E-state index is 0.639. The van der Waals surface area contributed by atoms with E-state index < -0.39 is 6.55 Å². The quantitative estimate of drug-likeness (QED) is 0.608. The molecule has 59 valence electrons. The highest BCUT2D eigenvalue weighted by Crippen LogP contribution is 2.08. The SMILES string of the molecule is C[B]Cc1ccn(C(F)F)n1. The van der Waals surface area contributed by atoms with Crippen LogP contribution >= 0.6 is 0 Å². The largest absolute Gasteiger partial charge is 0.333 e. The van der Waals surface area contributed by atoms with Crippen LogP contribution in [-0.2, 0) is 6.32 Å². The molecule has 1 aromatic heterocycles. The second kappa shape index (κ2) is 3.50. The number of aromatic nitrogens is 2. The summed E-state index contributed by atoms with van der Waals surface area (Å²) in [5.74, 6) is 0. The molecule has 0 spiro atoms. The molecule has 0 saturated heterocycles. The monoisotopic (exact) mass is 157 g/mol. The van der Waals surface area contributed by atoms with Gasteiger partial charge in [-0.3, -0.25) is 0 Å².